The molecule has 91 heavy (non-hydrogen) atoms. The Morgan fingerprint density at radius 1 is 0.879 bits per heavy atom. The highest BCUT2D eigenvalue weighted by molar-refractivity contribution is 7.80. The molecular weight excluding hydrogens is 1190 g/mol. The molecule has 7 heterocycles. The van der Waals surface area contributed by atoms with Gasteiger partial charge in [0, 0.05) is 54.2 Å². The number of thiocarbonyl (C=S) groups is 1. The summed E-state index contributed by atoms with van der Waals surface area (Å²) in [4.78, 5) is 127. The highest BCUT2D eigenvalue weighted by atomic mass is 32.1. The monoisotopic (exact) mass is 1280 g/mol. The molecule has 27 heteroatoms. The van der Waals surface area contributed by atoms with Crippen molar-refractivity contribution < 1.29 is 67.5 Å². The molecule has 4 aliphatic rings. The molecule has 0 bridgehead atoms. The Balaban J connectivity index is 0.823. The third kappa shape index (κ3) is 15.0. The summed E-state index contributed by atoms with van der Waals surface area (Å²) in [6, 6.07) is 12.1. The maximum absolute atomic E-state index is 14.6. The first-order valence-electron chi connectivity index (χ1n) is 30.8. The summed E-state index contributed by atoms with van der Waals surface area (Å²) in [6.07, 6.45) is -0.988. The van der Waals surface area contributed by atoms with Gasteiger partial charge in [-0.1, -0.05) is 66.7 Å². The van der Waals surface area contributed by atoms with Crippen LogP contribution in [-0.2, 0) is 77.7 Å². The lowest BCUT2D eigenvalue weighted by Crippen LogP contribution is -2.59. The third-order valence-electron chi connectivity index (χ3n) is 16.8. The fraction of sp³-hybridized carbons (Fsp3) is 0.516. The van der Waals surface area contributed by atoms with Gasteiger partial charge in [-0.05, 0) is 111 Å². The van der Waals surface area contributed by atoms with Crippen molar-refractivity contribution in [2.24, 2.45) is 17.8 Å². The largest absolute Gasteiger partial charge is 0.462 e. The van der Waals surface area contributed by atoms with Gasteiger partial charge < -0.3 is 80.2 Å². The number of carbonyl (C=O) groups excluding carboxylic acids is 7. The first-order valence-corrected chi connectivity index (χ1v) is 31.2. The van der Waals surface area contributed by atoms with Gasteiger partial charge in [0.05, 0.1) is 48.0 Å². The Morgan fingerprint density at radius 2 is 1.58 bits per heavy atom. The smallest absolute Gasteiger partial charge is 0.355 e. The van der Waals surface area contributed by atoms with Crippen molar-refractivity contribution in [3.05, 3.63) is 106 Å². The molecule has 2 aromatic carbocycles. The Morgan fingerprint density at radius 3 is 2.25 bits per heavy atom. The van der Waals surface area contributed by atoms with E-state index >= 15 is 0 Å². The maximum atomic E-state index is 14.6. The molecule has 5 amide bonds. The minimum Gasteiger partial charge on any atom is -0.462 e. The SMILES string of the molecule is CCC1(OC(=O)[C@H](NC(=O)[C@@H](Cc2cnc[nH]2)NC(=O)[C@@H](CC(C)C)NC(=O)CNC(=O)[C@H](CC(C)C)NC(=O)[C@H]2CCCN2C(=S)Nc2ccc(OC3O[C@H](C)[C@H](O)[C@H](OC)[C@@H]3O)cc2)C(C)C)C(=O)OCc2c1cc1n(c2=O)Cc2cc3ccccc3nc2-1. The van der Waals surface area contributed by atoms with Crippen molar-refractivity contribution in [1.82, 2.24) is 51.0 Å². The number of cyclic esters (lactones) is 1. The number of aliphatic hydroxyl groups is 2. The van der Waals surface area contributed by atoms with Crippen LogP contribution in [-0.4, -0.2) is 162 Å². The van der Waals surface area contributed by atoms with E-state index in [2.05, 4.69) is 41.9 Å². The van der Waals surface area contributed by atoms with E-state index in [0.29, 0.717) is 53.4 Å². The average Bonchev–Trinajstić information content (AvgIpc) is 1.71. The molecule has 4 aliphatic heterocycles. The molecular formula is C64H81N11O15S. The predicted octanol–water partition coefficient (Wildman–Crippen LogP) is 3.12. The van der Waals surface area contributed by atoms with Crippen LogP contribution in [0.15, 0.2) is 78.0 Å². The number of hydrogen-bond donors (Lipinski definition) is 9. The third-order valence-corrected chi connectivity index (χ3v) is 17.2. The van der Waals surface area contributed by atoms with Crippen LogP contribution < -0.4 is 42.2 Å². The van der Waals surface area contributed by atoms with Gasteiger partial charge in [0.2, 0.25) is 41.4 Å². The van der Waals surface area contributed by atoms with Gasteiger partial charge in [0.25, 0.3) is 5.56 Å². The summed E-state index contributed by atoms with van der Waals surface area (Å²) < 4.78 is 30.2. The number of aliphatic hydroxyl groups excluding tert-OH is 2. The number of aromatic amines is 1. The summed E-state index contributed by atoms with van der Waals surface area (Å²) in [7, 11) is 1.38. The summed E-state index contributed by atoms with van der Waals surface area (Å²) in [5, 5.41) is 39.1. The predicted molar refractivity (Wildman–Crippen MR) is 335 cm³/mol. The van der Waals surface area contributed by atoms with Crippen LogP contribution in [0.3, 0.4) is 0 Å². The van der Waals surface area contributed by atoms with Gasteiger partial charge >= 0.3 is 11.9 Å². The number of esters is 2. The van der Waals surface area contributed by atoms with Gasteiger partial charge in [0.15, 0.2) is 5.11 Å². The van der Waals surface area contributed by atoms with Gasteiger partial charge in [-0.25, -0.2) is 19.6 Å². The number of amides is 5. The van der Waals surface area contributed by atoms with Crippen LogP contribution in [0.5, 0.6) is 5.75 Å². The number of pyridine rings is 2. The summed E-state index contributed by atoms with van der Waals surface area (Å²) in [5.41, 5.74) is 1.30. The second kappa shape index (κ2) is 28.8. The van der Waals surface area contributed by atoms with Crippen molar-refractivity contribution in [2.45, 2.75) is 174 Å². The van der Waals surface area contributed by atoms with E-state index in [4.69, 9.17) is 40.9 Å². The Hall–Kier alpha value is -8.37. The summed E-state index contributed by atoms with van der Waals surface area (Å²) in [6.45, 7) is 13.8. The Labute approximate surface area is 531 Å². The standard InChI is InChI=1S/C64H81N11O15S/c1-10-64(42-26-48-51-37(24-36-14-11-12-15-43(36)70-51)29-75(48)59(83)41(42)30-87-62(64)85)90-60(84)50(34(6)7)73-57(81)46(25-39-27-65-31-67-39)71-56(80)45(23-33(4)5)69-49(76)28-66-55(79)44(22-32(2)3)72-58(82)47-16-13-21-74(47)63(91)68-38-17-19-40(20-18-38)89-61-53(78)54(86-9)52(77)35(8)88-61/h11-12,14-15,17-20,24,26-27,31-35,44-47,50,52-54,61,77-78H,10,13,16,21-23,25,28-30H2,1-9H3,(H,65,67)(H,66,79)(H,68,91)(H,69,76)(H,71,80)(H,72,82)(H,73,81)/t35-,44+,45-,46-,47-,50-,52+,53+,54+,61?,64?/m1/s1. The highest BCUT2D eigenvalue weighted by Crippen LogP contribution is 2.41. The number of carbonyl (C=O) groups is 7. The fourth-order valence-electron chi connectivity index (χ4n) is 12.0. The number of fused-ring (bicyclic) bond motifs is 5. The van der Waals surface area contributed by atoms with Crippen LogP contribution in [0.2, 0.25) is 0 Å². The number of anilines is 1. The Kier molecular flexibility index (Phi) is 21.3. The van der Waals surface area contributed by atoms with Crippen molar-refractivity contribution in [1.29, 1.82) is 0 Å². The molecule has 9 rings (SSSR count). The molecule has 26 nitrogen and oxygen atoms in total. The van der Waals surface area contributed by atoms with Crippen molar-refractivity contribution in [3.63, 3.8) is 0 Å². The number of likely N-dealkylation sites (tertiary alicyclic amines) is 1. The number of imidazole rings is 1. The zero-order chi connectivity index (χ0) is 65.6. The topological polar surface area (TPSA) is 345 Å². The second-order valence-corrected chi connectivity index (χ2v) is 25.1. The maximum Gasteiger partial charge on any atom is 0.355 e. The number of H-pyrrole nitrogens is 1. The molecule has 5 aromatic rings. The number of rotatable bonds is 24. The molecule has 0 spiro atoms. The van der Waals surface area contributed by atoms with Crippen LogP contribution in [0.1, 0.15) is 110 Å². The fourth-order valence-corrected chi connectivity index (χ4v) is 12.3. The number of para-hydroxylation sites is 1. The molecule has 0 saturated carbocycles. The van der Waals surface area contributed by atoms with Crippen molar-refractivity contribution >= 4 is 75.4 Å². The average molecular weight is 1280 g/mol. The van der Waals surface area contributed by atoms with Gasteiger partial charge in [-0.15, -0.1) is 0 Å². The number of nitrogens with zero attached hydrogens (tertiary/aromatic N) is 4. The summed E-state index contributed by atoms with van der Waals surface area (Å²) in [5.74, 6) is -5.79. The molecule has 0 radical (unpaired) electrons. The van der Waals surface area contributed by atoms with Crippen LogP contribution in [0.25, 0.3) is 22.3 Å². The summed E-state index contributed by atoms with van der Waals surface area (Å²) >= 11 is 5.77. The number of methoxy groups -OCH3 is 1. The number of aromatic nitrogens is 4. The quantitative estimate of drug-likeness (QED) is 0.0310. The molecule has 0 aliphatic carbocycles. The van der Waals surface area contributed by atoms with Crippen molar-refractivity contribution in [2.75, 3.05) is 25.5 Å². The first kappa shape index (κ1) is 67.0. The number of benzene rings is 2. The van der Waals surface area contributed by atoms with Crippen LogP contribution in [0, 0.1) is 17.8 Å². The van der Waals surface area contributed by atoms with Gasteiger partial charge in [-0.2, -0.15) is 0 Å². The van der Waals surface area contributed by atoms with E-state index < -0.39 is 126 Å². The van der Waals surface area contributed by atoms with E-state index in [1.165, 1.54) is 19.6 Å². The lowest BCUT2D eigenvalue weighted by atomic mass is 9.85. The van der Waals surface area contributed by atoms with Gasteiger partial charge in [0.1, 0.15) is 60.9 Å². The van der Waals surface area contributed by atoms with E-state index in [0.717, 1.165) is 10.9 Å². The number of ether oxygens (including phenoxy) is 5. The zero-order valence-electron chi connectivity index (χ0n) is 52.4. The minimum absolute atomic E-state index is 0.0654. The molecule has 2 unspecified atom stereocenters. The van der Waals surface area contributed by atoms with E-state index in [1.807, 2.05) is 58.0 Å². The zero-order valence-corrected chi connectivity index (χ0v) is 53.2. The second-order valence-electron chi connectivity index (χ2n) is 24.7. The molecule has 2 saturated heterocycles. The minimum atomic E-state index is -2.09. The highest BCUT2D eigenvalue weighted by Gasteiger charge is 2.52. The molecule has 11 atom stereocenters. The van der Waals surface area contributed by atoms with Crippen molar-refractivity contribution in [3.8, 4) is 17.1 Å². The Bertz CT molecular complexity index is 3580. The van der Waals surface area contributed by atoms with Gasteiger partial charge in [-0.3, -0.25) is 28.8 Å². The molecule has 488 valence electrons. The van der Waals surface area contributed by atoms with E-state index in [9.17, 15) is 48.6 Å². The molecule has 2 fully saturated rings. The van der Waals surface area contributed by atoms with E-state index in [1.54, 1.807) is 67.5 Å². The number of nitrogens with one attached hydrogen (secondary N) is 7. The van der Waals surface area contributed by atoms with E-state index in [-0.39, 0.29) is 66.9 Å². The lowest BCUT2D eigenvalue weighted by Gasteiger charge is -2.40. The molecule has 9 N–H and O–H groups in total. The van der Waals surface area contributed by atoms with Crippen LogP contribution >= 0.6 is 12.2 Å². The lowest BCUT2D eigenvalue weighted by molar-refractivity contribution is -0.272. The number of hydrogen-bond acceptors (Lipinski definition) is 18. The van der Waals surface area contributed by atoms with Crippen LogP contribution in [0.4, 0.5) is 5.69 Å². The normalized spacial score (nSPS) is 22.2. The first-order chi connectivity index (χ1) is 43.4. The molecule has 3 aromatic heterocycles.